The molecule has 124 valence electrons. The normalized spacial score (nSPS) is 13.2. The van der Waals surface area contributed by atoms with E-state index in [4.69, 9.17) is 9.47 Å². The zero-order valence-electron chi connectivity index (χ0n) is 13.9. The van der Waals surface area contributed by atoms with Gasteiger partial charge in [-0.05, 0) is 31.0 Å². The van der Waals surface area contributed by atoms with Gasteiger partial charge < -0.3 is 24.8 Å². The lowest BCUT2D eigenvalue weighted by molar-refractivity contribution is 0.130. The van der Waals surface area contributed by atoms with Gasteiger partial charge in [0.2, 0.25) is 0 Å². The number of nitrogens with zero attached hydrogens (tertiary/aromatic N) is 1. The maximum absolute atomic E-state index is 12.0. The van der Waals surface area contributed by atoms with Crippen LogP contribution in [0.3, 0.4) is 0 Å². The first-order chi connectivity index (χ1) is 10.4. The molecule has 0 bridgehead atoms. The number of nitrogens with one attached hydrogen (secondary N) is 1. The van der Waals surface area contributed by atoms with E-state index >= 15 is 0 Å². The van der Waals surface area contributed by atoms with Gasteiger partial charge in [-0.2, -0.15) is 0 Å². The van der Waals surface area contributed by atoms with Crippen molar-refractivity contribution in [1.82, 2.24) is 10.2 Å². The molecule has 2 unspecified atom stereocenters. The van der Waals surface area contributed by atoms with Crippen LogP contribution in [0.4, 0.5) is 4.79 Å². The fraction of sp³-hybridized carbons (Fsp3) is 0.562. The Morgan fingerprint density at radius 1 is 1.32 bits per heavy atom. The van der Waals surface area contributed by atoms with Crippen LogP contribution in [0.5, 0.6) is 11.5 Å². The lowest BCUT2D eigenvalue weighted by Crippen LogP contribution is -2.43. The van der Waals surface area contributed by atoms with Crippen LogP contribution in [0, 0.1) is 0 Å². The molecule has 6 heteroatoms. The summed E-state index contributed by atoms with van der Waals surface area (Å²) in [6, 6.07) is 5.11. The molecular formula is C16H26N2O4. The van der Waals surface area contributed by atoms with Gasteiger partial charge in [-0.25, -0.2) is 4.79 Å². The van der Waals surface area contributed by atoms with E-state index in [1.807, 2.05) is 13.8 Å². The second-order valence-electron chi connectivity index (χ2n) is 5.27. The molecule has 2 atom stereocenters. The van der Waals surface area contributed by atoms with Crippen molar-refractivity contribution in [3.05, 3.63) is 23.8 Å². The highest BCUT2D eigenvalue weighted by molar-refractivity contribution is 5.74. The molecule has 1 aromatic rings. The third-order valence-corrected chi connectivity index (χ3v) is 3.57. The molecule has 6 nitrogen and oxygen atoms in total. The highest BCUT2D eigenvalue weighted by Crippen LogP contribution is 2.30. The second kappa shape index (κ2) is 8.48. The molecule has 1 rings (SSSR count). The number of carbonyl (C=O) groups excluding carboxylic acids is 1. The van der Waals surface area contributed by atoms with Crippen molar-refractivity contribution in [3.8, 4) is 11.5 Å². The van der Waals surface area contributed by atoms with E-state index in [2.05, 4.69) is 5.32 Å². The third kappa shape index (κ3) is 4.80. The molecule has 2 N–H and O–H groups in total. The van der Waals surface area contributed by atoms with Gasteiger partial charge >= 0.3 is 6.03 Å². The van der Waals surface area contributed by atoms with Crippen LogP contribution in [0.2, 0.25) is 0 Å². The number of hydrogen-bond donors (Lipinski definition) is 2. The molecule has 0 saturated carbocycles. The minimum absolute atomic E-state index is 0.105. The van der Waals surface area contributed by atoms with Crippen LogP contribution in [0.15, 0.2) is 18.2 Å². The van der Waals surface area contributed by atoms with E-state index in [1.165, 1.54) is 4.90 Å². The van der Waals surface area contributed by atoms with Crippen molar-refractivity contribution in [2.24, 2.45) is 0 Å². The van der Waals surface area contributed by atoms with E-state index in [1.54, 1.807) is 39.5 Å². The molecule has 0 spiro atoms. The Hall–Kier alpha value is -1.95. The summed E-state index contributed by atoms with van der Waals surface area (Å²) >= 11 is 0. The zero-order valence-corrected chi connectivity index (χ0v) is 13.9. The van der Waals surface area contributed by atoms with Crippen molar-refractivity contribution < 1.29 is 19.4 Å². The number of methoxy groups -OCH3 is 2. The Morgan fingerprint density at radius 2 is 1.95 bits per heavy atom. The summed E-state index contributed by atoms with van der Waals surface area (Å²) in [5, 5.41) is 13.2. The molecule has 22 heavy (non-hydrogen) atoms. The Bertz CT molecular complexity index is 493. The van der Waals surface area contributed by atoms with Gasteiger partial charge in [0, 0.05) is 13.1 Å². The Balaban J connectivity index is 2.72. The molecule has 0 aliphatic carbocycles. The molecule has 0 radical (unpaired) electrons. The minimum Gasteiger partial charge on any atom is -0.493 e. The first-order valence-corrected chi connectivity index (χ1v) is 7.34. The summed E-state index contributed by atoms with van der Waals surface area (Å²) in [4.78, 5) is 13.4. The Morgan fingerprint density at radius 3 is 2.50 bits per heavy atom. The summed E-state index contributed by atoms with van der Waals surface area (Å²) in [6.45, 7) is 4.14. The maximum Gasteiger partial charge on any atom is 0.317 e. The van der Waals surface area contributed by atoms with Gasteiger partial charge in [0.05, 0.1) is 26.9 Å². The highest BCUT2D eigenvalue weighted by atomic mass is 16.5. The predicted molar refractivity (Wildman–Crippen MR) is 85.4 cm³/mol. The average Bonchev–Trinajstić information content (AvgIpc) is 2.53. The molecule has 0 aromatic heterocycles. The SMILES string of the molecule is CCC(C)NC(=O)N(C)CC(O)c1ccc(OC)c(OC)c1. The quantitative estimate of drug-likeness (QED) is 0.810. The highest BCUT2D eigenvalue weighted by Gasteiger charge is 2.17. The Labute approximate surface area is 132 Å². The molecule has 0 aliphatic rings. The lowest BCUT2D eigenvalue weighted by Gasteiger charge is -2.23. The molecule has 0 saturated heterocycles. The average molecular weight is 310 g/mol. The number of likely N-dealkylation sites (N-methyl/N-ethyl adjacent to an activating group) is 1. The maximum atomic E-state index is 12.0. The van der Waals surface area contributed by atoms with Crippen LogP contribution < -0.4 is 14.8 Å². The summed E-state index contributed by atoms with van der Waals surface area (Å²) in [5.74, 6) is 1.15. The van der Waals surface area contributed by atoms with Gasteiger partial charge in [0.15, 0.2) is 11.5 Å². The number of hydrogen-bond acceptors (Lipinski definition) is 4. The van der Waals surface area contributed by atoms with Gasteiger partial charge in [0.25, 0.3) is 0 Å². The summed E-state index contributed by atoms with van der Waals surface area (Å²) in [6.07, 6.45) is 0.0603. The van der Waals surface area contributed by atoms with Crippen molar-refractivity contribution >= 4 is 6.03 Å². The zero-order chi connectivity index (χ0) is 16.7. The Kier molecular flexibility index (Phi) is 6.98. The lowest BCUT2D eigenvalue weighted by atomic mass is 10.1. The van der Waals surface area contributed by atoms with Crippen molar-refractivity contribution in [2.45, 2.75) is 32.4 Å². The van der Waals surface area contributed by atoms with Crippen molar-refractivity contribution in [3.63, 3.8) is 0 Å². The number of benzene rings is 1. The predicted octanol–water partition coefficient (Wildman–Crippen LogP) is 2.18. The van der Waals surface area contributed by atoms with E-state index in [-0.39, 0.29) is 18.6 Å². The van der Waals surface area contributed by atoms with Crippen LogP contribution in [0.1, 0.15) is 31.9 Å². The molecule has 0 fully saturated rings. The number of aliphatic hydroxyl groups excluding tert-OH is 1. The minimum atomic E-state index is -0.799. The van der Waals surface area contributed by atoms with Gasteiger partial charge in [-0.1, -0.05) is 13.0 Å². The number of amides is 2. The topological polar surface area (TPSA) is 71.0 Å². The van der Waals surface area contributed by atoms with Crippen LogP contribution in [-0.2, 0) is 0 Å². The molecule has 2 amide bonds. The van der Waals surface area contributed by atoms with Crippen molar-refractivity contribution in [2.75, 3.05) is 27.8 Å². The number of urea groups is 1. The standard InChI is InChI=1S/C16H26N2O4/c1-6-11(2)17-16(20)18(3)10-13(19)12-7-8-14(21-4)15(9-12)22-5/h7-9,11,13,19H,6,10H2,1-5H3,(H,17,20). The fourth-order valence-corrected chi connectivity index (χ4v) is 1.93. The number of rotatable bonds is 7. The van der Waals surface area contributed by atoms with E-state index < -0.39 is 6.10 Å². The summed E-state index contributed by atoms with van der Waals surface area (Å²) in [5.41, 5.74) is 0.667. The van der Waals surface area contributed by atoms with Crippen LogP contribution in [-0.4, -0.2) is 49.9 Å². The molecule has 1 aromatic carbocycles. The van der Waals surface area contributed by atoms with Gasteiger partial charge in [-0.15, -0.1) is 0 Å². The third-order valence-electron chi connectivity index (χ3n) is 3.57. The smallest absolute Gasteiger partial charge is 0.317 e. The fourth-order valence-electron chi connectivity index (χ4n) is 1.93. The molecular weight excluding hydrogens is 284 g/mol. The van der Waals surface area contributed by atoms with Crippen molar-refractivity contribution in [1.29, 1.82) is 0 Å². The number of carbonyl (C=O) groups is 1. The molecule has 0 heterocycles. The summed E-state index contributed by atoms with van der Waals surface area (Å²) in [7, 11) is 4.75. The van der Waals surface area contributed by atoms with Gasteiger partial charge in [0.1, 0.15) is 0 Å². The largest absolute Gasteiger partial charge is 0.493 e. The first-order valence-electron chi connectivity index (χ1n) is 7.34. The van der Waals surface area contributed by atoms with E-state index in [9.17, 15) is 9.90 Å². The number of ether oxygens (including phenoxy) is 2. The molecule has 0 aliphatic heterocycles. The number of aliphatic hydroxyl groups is 1. The van der Waals surface area contributed by atoms with Crippen LogP contribution in [0.25, 0.3) is 0 Å². The van der Waals surface area contributed by atoms with Gasteiger partial charge in [-0.3, -0.25) is 0 Å². The van der Waals surface area contributed by atoms with E-state index in [0.717, 1.165) is 6.42 Å². The second-order valence-corrected chi connectivity index (χ2v) is 5.27. The van der Waals surface area contributed by atoms with Crippen LogP contribution >= 0.6 is 0 Å². The monoisotopic (exact) mass is 310 g/mol. The van der Waals surface area contributed by atoms with E-state index in [0.29, 0.717) is 17.1 Å². The summed E-state index contributed by atoms with van der Waals surface area (Å²) < 4.78 is 10.4. The first kappa shape index (κ1) is 18.1.